The molecule has 1 aliphatic rings. The quantitative estimate of drug-likeness (QED) is 0.922. The van der Waals surface area contributed by atoms with Gasteiger partial charge in [0.15, 0.2) is 0 Å². The molecule has 3 rings (SSSR count). The van der Waals surface area contributed by atoms with E-state index in [0.29, 0.717) is 24.5 Å². The van der Waals surface area contributed by atoms with Crippen molar-refractivity contribution >= 4 is 10.0 Å². The van der Waals surface area contributed by atoms with E-state index in [2.05, 4.69) is 10.4 Å². The van der Waals surface area contributed by atoms with Gasteiger partial charge in [0.05, 0.1) is 10.6 Å². The SMILES string of the molecule is Cc1ccc(-n2cccn2)cc1S(=O)(=O)N1CCNCC1C. The lowest BCUT2D eigenvalue weighted by atomic mass is 10.2. The average Bonchev–Trinajstić information content (AvgIpc) is 3.02. The summed E-state index contributed by atoms with van der Waals surface area (Å²) in [7, 11) is -3.50. The Hall–Kier alpha value is -1.70. The number of hydrogen-bond acceptors (Lipinski definition) is 4. The van der Waals surface area contributed by atoms with Gasteiger partial charge in [-0.3, -0.25) is 0 Å². The van der Waals surface area contributed by atoms with Crippen LogP contribution < -0.4 is 5.32 Å². The largest absolute Gasteiger partial charge is 0.314 e. The van der Waals surface area contributed by atoms with Crippen LogP contribution in [0.5, 0.6) is 0 Å². The van der Waals surface area contributed by atoms with E-state index in [9.17, 15) is 8.42 Å². The lowest BCUT2D eigenvalue weighted by Gasteiger charge is -2.33. The van der Waals surface area contributed by atoms with Gasteiger partial charge >= 0.3 is 0 Å². The van der Waals surface area contributed by atoms with E-state index in [1.54, 1.807) is 27.4 Å². The molecule has 1 fully saturated rings. The summed E-state index contributed by atoms with van der Waals surface area (Å²) in [6.45, 7) is 5.61. The first kappa shape index (κ1) is 15.2. The summed E-state index contributed by atoms with van der Waals surface area (Å²) in [6, 6.07) is 7.17. The van der Waals surface area contributed by atoms with E-state index in [4.69, 9.17) is 0 Å². The fourth-order valence-electron chi connectivity index (χ4n) is 2.74. The second kappa shape index (κ2) is 5.83. The zero-order valence-electron chi connectivity index (χ0n) is 12.7. The summed E-state index contributed by atoms with van der Waals surface area (Å²) in [5.41, 5.74) is 1.50. The van der Waals surface area contributed by atoms with Crippen molar-refractivity contribution in [1.29, 1.82) is 0 Å². The monoisotopic (exact) mass is 320 g/mol. The van der Waals surface area contributed by atoms with Gasteiger partial charge in [-0.2, -0.15) is 9.40 Å². The summed E-state index contributed by atoms with van der Waals surface area (Å²) in [4.78, 5) is 0.356. The fourth-order valence-corrected chi connectivity index (χ4v) is 4.61. The number of benzene rings is 1. The minimum absolute atomic E-state index is 0.0495. The molecule has 6 nitrogen and oxygen atoms in total. The second-order valence-electron chi connectivity index (χ2n) is 5.57. The molecule has 1 aromatic heterocycles. The molecule has 1 unspecified atom stereocenters. The van der Waals surface area contributed by atoms with Crippen LogP contribution in [0.4, 0.5) is 0 Å². The Balaban J connectivity index is 2.04. The third kappa shape index (κ3) is 2.67. The van der Waals surface area contributed by atoms with Crippen LogP contribution in [0, 0.1) is 6.92 Å². The molecule has 7 heteroatoms. The molecular weight excluding hydrogens is 300 g/mol. The molecule has 0 bridgehead atoms. The Kier molecular flexibility index (Phi) is 4.03. The average molecular weight is 320 g/mol. The van der Waals surface area contributed by atoms with Crippen molar-refractivity contribution in [3.8, 4) is 5.69 Å². The van der Waals surface area contributed by atoms with Crippen LogP contribution in [-0.2, 0) is 10.0 Å². The zero-order chi connectivity index (χ0) is 15.7. The van der Waals surface area contributed by atoms with Crippen molar-refractivity contribution in [3.63, 3.8) is 0 Å². The van der Waals surface area contributed by atoms with Gasteiger partial charge in [-0.1, -0.05) is 6.07 Å². The minimum Gasteiger partial charge on any atom is -0.314 e. The third-order valence-corrected chi connectivity index (χ3v) is 6.12. The molecule has 0 spiro atoms. The van der Waals surface area contributed by atoms with Crippen molar-refractivity contribution in [2.75, 3.05) is 19.6 Å². The number of sulfonamides is 1. The Labute approximate surface area is 130 Å². The molecular formula is C15H20N4O2S. The van der Waals surface area contributed by atoms with Gasteiger partial charge in [-0.15, -0.1) is 0 Å². The molecule has 0 amide bonds. The molecule has 1 saturated heterocycles. The first-order valence-electron chi connectivity index (χ1n) is 7.33. The summed E-state index contributed by atoms with van der Waals surface area (Å²) >= 11 is 0. The Morgan fingerprint density at radius 3 is 2.86 bits per heavy atom. The predicted octanol–water partition coefficient (Wildman–Crippen LogP) is 1.16. The van der Waals surface area contributed by atoms with Crippen LogP contribution in [-0.4, -0.2) is 48.2 Å². The number of piperazine rings is 1. The topological polar surface area (TPSA) is 67.2 Å². The van der Waals surface area contributed by atoms with Crippen LogP contribution in [0.3, 0.4) is 0 Å². The number of aromatic nitrogens is 2. The molecule has 1 aliphatic heterocycles. The first-order chi connectivity index (χ1) is 10.5. The van der Waals surface area contributed by atoms with Gasteiger partial charge in [0.1, 0.15) is 0 Å². The number of aryl methyl sites for hydroxylation is 1. The van der Waals surface area contributed by atoms with E-state index in [1.165, 1.54) is 0 Å². The van der Waals surface area contributed by atoms with Gasteiger partial charge in [0.25, 0.3) is 0 Å². The van der Waals surface area contributed by atoms with Crippen LogP contribution in [0.1, 0.15) is 12.5 Å². The predicted molar refractivity (Wildman–Crippen MR) is 84.5 cm³/mol. The number of nitrogens with zero attached hydrogens (tertiary/aromatic N) is 3. The lowest BCUT2D eigenvalue weighted by molar-refractivity contribution is 0.283. The maximum atomic E-state index is 13.0. The van der Waals surface area contributed by atoms with E-state index in [0.717, 1.165) is 11.3 Å². The summed E-state index contributed by atoms with van der Waals surface area (Å²) in [6.07, 6.45) is 3.47. The highest BCUT2D eigenvalue weighted by Gasteiger charge is 2.32. The highest BCUT2D eigenvalue weighted by molar-refractivity contribution is 7.89. The fraction of sp³-hybridized carbons (Fsp3) is 0.400. The van der Waals surface area contributed by atoms with E-state index >= 15 is 0 Å². The highest BCUT2D eigenvalue weighted by atomic mass is 32.2. The van der Waals surface area contributed by atoms with Crippen LogP contribution in [0.15, 0.2) is 41.6 Å². The molecule has 2 aromatic rings. The molecule has 0 radical (unpaired) electrons. The number of hydrogen-bond donors (Lipinski definition) is 1. The van der Waals surface area contributed by atoms with Crippen molar-refractivity contribution < 1.29 is 8.42 Å². The highest BCUT2D eigenvalue weighted by Crippen LogP contribution is 2.24. The number of nitrogens with one attached hydrogen (secondary N) is 1. The van der Waals surface area contributed by atoms with Gasteiger partial charge in [-0.25, -0.2) is 13.1 Å². The maximum absolute atomic E-state index is 13.0. The summed E-state index contributed by atoms with van der Waals surface area (Å²) < 4.78 is 29.3. The lowest BCUT2D eigenvalue weighted by Crippen LogP contribution is -2.52. The summed E-state index contributed by atoms with van der Waals surface area (Å²) in [5.74, 6) is 0. The van der Waals surface area contributed by atoms with Gasteiger partial charge in [0.2, 0.25) is 10.0 Å². The van der Waals surface area contributed by atoms with Gasteiger partial charge in [0, 0.05) is 38.1 Å². The maximum Gasteiger partial charge on any atom is 0.243 e. The van der Waals surface area contributed by atoms with Crippen molar-refractivity contribution in [2.24, 2.45) is 0 Å². The zero-order valence-corrected chi connectivity index (χ0v) is 13.5. The summed E-state index contributed by atoms with van der Waals surface area (Å²) in [5, 5.41) is 7.38. The van der Waals surface area contributed by atoms with Gasteiger partial charge in [-0.05, 0) is 37.6 Å². The van der Waals surface area contributed by atoms with E-state index in [1.807, 2.05) is 32.0 Å². The standard InChI is InChI=1S/C15H20N4O2S/c1-12-4-5-14(18-8-3-6-17-18)10-15(12)22(20,21)19-9-7-16-11-13(19)2/h3-6,8,10,13,16H,7,9,11H2,1-2H3. The molecule has 0 aliphatic carbocycles. The Bertz CT molecular complexity index is 756. The molecule has 22 heavy (non-hydrogen) atoms. The molecule has 1 aromatic carbocycles. The van der Waals surface area contributed by atoms with E-state index < -0.39 is 10.0 Å². The first-order valence-corrected chi connectivity index (χ1v) is 8.77. The molecule has 118 valence electrons. The van der Waals surface area contributed by atoms with Gasteiger partial charge < -0.3 is 5.32 Å². The normalized spacial score (nSPS) is 20.2. The van der Waals surface area contributed by atoms with Crippen LogP contribution in [0.25, 0.3) is 5.69 Å². The third-order valence-electron chi connectivity index (χ3n) is 3.97. The van der Waals surface area contributed by atoms with Crippen molar-refractivity contribution in [1.82, 2.24) is 19.4 Å². The molecule has 0 saturated carbocycles. The smallest absolute Gasteiger partial charge is 0.243 e. The van der Waals surface area contributed by atoms with Crippen LogP contribution in [0.2, 0.25) is 0 Å². The molecule has 1 atom stereocenters. The van der Waals surface area contributed by atoms with Crippen molar-refractivity contribution in [2.45, 2.75) is 24.8 Å². The molecule has 1 N–H and O–H groups in total. The van der Waals surface area contributed by atoms with Crippen molar-refractivity contribution in [3.05, 3.63) is 42.2 Å². The number of rotatable bonds is 3. The second-order valence-corrected chi connectivity index (χ2v) is 7.43. The Morgan fingerprint density at radius 1 is 1.36 bits per heavy atom. The van der Waals surface area contributed by atoms with Crippen LogP contribution >= 0.6 is 0 Å². The molecule has 2 heterocycles. The Morgan fingerprint density at radius 2 is 2.18 bits per heavy atom. The minimum atomic E-state index is -3.50. The van der Waals surface area contributed by atoms with E-state index in [-0.39, 0.29) is 6.04 Å².